The summed E-state index contributed by atoms with van der Waals surface area (Å²) in [6, 6.07) is 13.1. The Morgan fingerprint density at radius 3 is 2.46 bits per heavy atom. The number of ether oxygens (including phenoxy) is 1. The van der Waals surface area contributed by atoms with Crippen LogP contribution in [0.2, 0.25) is 0 Å². The number of nitrogens with zero attached hydrogens (tertiary/aromatic N) is 4. The second-order valence-corrected chi connectivity index (χ2v) is 5.94. The Balaban J connectivity index is 1.60. The van der Waals surface area contributed by atoms with Gasteiger partial charge < -0.3 is 10.1 Å². The van der Waals surface area contributed by atoms with Gasteiger partial charge in [0, 0.05) is 5.69 Å². The van der Waals surface area contributed by atoms with E-state index in [1.165, 1.54) is 30.5 Å². The number of hydrogen-bond donors (Lipinski definition) is 1. The molecule has 2 heterocycles. The quantitative estimate of drug-likeness (QED) is 0.548. The van der Waals surface area contributed by atoms with Crippen LogP contribution in [-0.2, 0) is 0 Å². The van der Waals surface area contributed by atoms with Crippen molar-refractivity contribution >= 4 is 22.5 Å². The van der Waals surface area contributed by atoms with Gasteiger partial charge in [0.15, 0.2) is 11.6 Å². The molecular weight excluding hydrogens is 371 g/mol. The van der Waals surface area contributed by atoms with Gasteiger partial charge in [-0.1, -0.05) is 12.1 Å². The number of para-hydroxylation sites is 2. The maximum absolute atomic E-state index is 12.2. The Labute approximate surface area is 157 Å². The fourth-order valence-electron chi connectivity index (χ4n) is 2.85. The predicted molar refractivity (Wildman–Crippen MR) is 97.8 cm³/mol. The van der Waals surface area contributed by atoms with Crippen molar-refractivity contribution in [2.75, 3.05) is 5.32 Å². The van der Waals surface area contributed by atoms with Gasteiger partial charge in [-0.3, -0.25) is 9.55 Å². The van der Waals surface area contributed by atoms with Crippen LogP contribution >= 0.6 is 0 Å². The minimum Gasteiger partial charge on any atom is -0.406 e. The fraction of sp³-hybridized carbons (Fsp3) is 0.105. The van der Waals surface area contributed by atoms with E-state index >= 15 is 0 Å². The summed E-state index contributed by atoms with van der Waals surface area (Å²) < 4.78 is 42.5. The van der Waals surface area contributed by atoms with Crippen molar-refractivity contribution in [3.05, 3.63) is 66.7 Å². The lowest BCUT2D eigenvalue weighted by Gasteiger charge is -2.11. The number of fused-ring (bicyclic) bond motifs is 1. The van der Waals surface area contributed by atoms with Gasteiger partial charge in [0.05, 0.1) is 23.4 Å². The molecule has 0 unspecified atom stereocenters. The molecule has 2 aromatic carbocycles. The molecule has 0 saturated carbocycles. The second kappa shape index (κ2) is 6.84. The number of aryl methyl sites for hydroxylation is 1. The minimum atomic E-state index is -4.72. The molecule has 9 heteroatoms. The smallest absolute Gasteiger partial charge is 0.406 e. The van der Waals surface area contributed by atoms with Gasteiger partial charge in [-0.05, 0) is 43.3 Å². The van der Waals surface area contributed by atoms with Crippen molar-refractivity contribution < 1.29 is 17.9 Å². The van der Waals surface area contributed by atoms with E-state index in [2.05, 4.69) is 25.0 Å². The van der Waals surface area contributed by atoms with E-state index in [1.807, 2.05) is 35.8 Å². The van der Waals surface area contributed by atoms with Crippen LogP contribution in [0.25, 0.3) is 16.9 Å². The molecular formula is C19H14F3N5O. The number of rotatable bonds is 4. The fourth-order valence-corrected chi connectivity index (χ4v) is 2.85. The van der Waals surface area contributed by atoms with Gasteiger partial charge >= 0.3 is 6.36 Å². The third kappa shape index (κ3) is 3.73. The van der Waals surface area contributed by atoms with Gasteiger partial charge in [0.1, 0.15) is 11.6 Å². The van der Waals surface area contributed by atoms with E-state index in [0.29, 0.717) is 17.3 Å². The van der Waals surface area contributed by atoms with Crippen molar-refractivity contribution in [3.8, 4) is 11.6 Å². The number of halogens is 3. The first-order valence-electron chi connectivity index (χ1n) is 8.28. The first kappa shape index (κ1) is 17.8. The first-order chi connectivity index (χ1) is 13.4. The van der Waals surface area contributed by atoms with Crippen LogP contribution in [0.5, 0.6) is 5.75 Å². The highest BCUT2D eigenvalue weighted by atomic mass is 19.4. The summed E-state index contributed by atoms with van der Waals surface area (Å²) in [4.78, 5) is 13.3. The van der Waals surface area contributed by atoms with Crippen LogP contribution in [0, 0.1) is 6.92 Å². The summed E-state index contributed by atoms with van der Waals surface area (Å²) in [5.41, 5.74) is 2.30. The zero-order chi connectivity index (χ0) is 19.7. The second-order valence-electron chi connectivity index (χ2n) is 5.94. The number of alkyl halides is 3. The normalized spacial score (nSPS) is 11.6. The Kier molecular flexibility index (Phi) is 4.34. The zero-order valence-electron chi connectivity index (χ0n) is 14.6. The molecule has 0 radical (unpaired) electrons. The van der Waals surface area contributed by atoms with E-state index in [4.69, 9.17) is 0 Å². The molecule has 1 N–H and O–H groups in total. The highest BCUT2D eigenvalue weighted by Crippen LogP contribution is 2.25. The number of hydrogen-bond acceptors (Lipinski definition) is 5. The molecule has 0 amide bonds. The molecule has 0 saturated heterocycles. The van der Waals surface area contributed by atoms with Gasteiger partial charge in [0.25, 0.3) is 0 Å². The summed E-state index contributed by atoms with van der Waals surface area (Å²) in [6.07, 6.45) is -1.58. The van der Waals surface area contributed by atoms with Crippen LogP contribution in [0.15, 0.2) is 60.9 Å². The average Bonchev–Trinajstić information content (AvgIpc) is 2.98. The monoisotopic (exact) mass is 385 g/mol. The SMILES string of the molecule is Cc1nc2ccccc2n1-c1cncc(Nc2ccc(OC(F)(F)F)cc2)n1. The molecule has 142 valence electrons. The molecule has 0 aliphatic heterocycles. The maximum atomic E-state index is 12.2. The van der Waals surface area contributed by atoms with Crippen molar-refractivity contribution in [1.82, 2.24) is 19.5 Å². The van der Waals surface area contributed by atoms with Gasteiger partial charge in [-0.15, -0.1) is 13.2 Å². The number of anilines is 2. The van der Waals surface area contributed by atoms with Crippen molar-refractivity contribution in [2.24, 2.45) is 0 Å². The molecule has 4 aromatic rings. The Bertz CT molecular complexity index is 1120. The summed E-state index contributed by atoms with van der Waals surface area (Å²) in [5, 5.41) is 3.02. The first-order valence-corrected chi connectivity index (χ1v) is 8.28. The summed E-state index contributed by atoms with van der Waals surface area (Å²) in [7, 11) is 0. The topological polar surface area (TPSA) is 64.9 Å². The lowest BCUT2D eigenvalue weighted by atomic mass is 10.3. The molecule has 0 spiro atoms. The minimum absolute atomic E-state index is 0.293. The number of nitrogens with one attached hydrogen (secondary N) is 1. The third-order valence-corrected chi connectivity index (χ3v) is 3.94. The highest BCUT2D eigenvalue weighted by Gasteiger charge is 2.30. The molecule has 6 nitrogen and oxygen atoms in total. The summed E-state index contributed by atoms with van der Waals surface area (Å²) >= 11 is 0. The molecule has 2 aromatic heterocycles. The maximum Gasteiger partial charge on any atom is 0.573 e. The zero-order valence-corrected chi connectivity index (χ0v) is 14.6. The van der Waals surface area contributed by atoms with Crippen molar-refractivity contribution in [2.45, 2.75) is 13.3 Å². The highest BCUT2D eigenvalue weighted by molar-refractivity contribution is 5.77. The number of benzene rings is 2. The summed E-state index contributed by atoms with van der Waals surface area (Å²) in [6.45, 7) is 1.88. The van der Waals surface area contributed by atoms with E-state index in [0.717, 1.165) is 16.9 Å². The largest absolute Gasteiger partial charge is 0.573 e. The summed E-state index contributed by atoms with van der Waals surface area (Å²) in [5.74, 6) is 1.49. The lowest BCUT2D eigenvalue weighted by molar-refractivity contribution is -0.274. The third-order valence-electron chi connectivity index (χ3n) is 3.94. The Morgan fingerprint density at radius 2 is 1.71 bits per heavy atom. The van der Waals surface area contributed by atoms with Gasteiger partial charge in [-0.2, -0.15) is 0 Å². The Morgan fingerprint density at radius 1 is 0.964 bits per heavy atom. The van der Waals surface area contributed by atoms with Crippen LogP contribution in [-0.4, -0.2) is 25.9 Å². The van der Waals surface area contributed by atoms with Crippen molar-refractivity contribution in [1.29, 1.82) is 0 Å². The van der Waals surface area contributed by atoms with Crippen LogP contribution < -0.4 is 10.1 Å². The molecule has 0 aliphatic rings. The Hall–Kier alpha value is -3.62. The number of imidazole rings is 1. The van der Waals surface area contributed by atoms with Crippen molar-refractivity contribution in [3.63, 3.8) is 0 Å². The van der Waals surface area contributed by atoms with E-state index in [-0.39, 0.29) is 5.75 Å². The average molecular weight is 385 g/mol. The molecule has 0 aliphatic carbocycles. The molecule has 0 atom stereocenters. The molecule has 4 rings (SSSR count). The van der Waals surface area contributed by atoms with E-state index in [1.54, 1.807) is 6.20 Å². The van der Waals surface area contributed by atoms with E-state index < -0.39 is 6.36 Å². The predicted octanol–water partition coefficient (Wildman–Crippen LogP) is 4.77. The van der Waals surface area contributed by atoms with Gasteiger partial charge in [0.2, 0.25) is 0 Å². The molecule has 0 fully saturated rings. The van der Waals surface area contributed by atoms with E-state index in [9.17, 15) is 13.2 Å². The lowest BCUT2D eigenvalue weighted by Crippen LogP contribution is -2.16. The van der Waals surface area contributed by atoms with Crippen LogP contribution in [0.1, 0.15) is 5.82 Å². The number of aromatic nitrogens is 4. The molecule has 28 heavy (non-hydrogen) atoms. The molecule has 0 bridgehead atoms. The van der Waals surface area contributed by atoms with Crippen LogP contribution in [0.4, 0.5) is 24.7 Å². The van der Waals surface area contributed by atoms with Gasteiger partial charge in [-0.25, -0.2) is 9.97 Å². The standard InChI is InChI=1S/C19H14F3N5O/c1-12-24-15-4-2-3-5-16(15)27(12)18-11-23-10-17(26-18)25-13-6-8-14(9-7-13)28-19(20,21)22/h2-11H,1H3,(H,25,26). The van der Waals surface area contributed by atoms with Crippen LogP contribution in [0.3, 0.4) is 0 Å².